The van der Waals surface area contributed by atoms with Gasteiger partial charge in [-0.3, -0.25) is 4.90 Å². The summed E-state index contributed by atoms with van der Waals surface area (Å²) in [6, 6.07) is 4.88. The molecule has 1 aromatic heterocycles. The predicted molar refractivity (Wildman–Crippen MR) is 89.4 cm³/mol. The molecule has 0 radical (unpaired) electrons. The van der Waals surface area contributed by atoms with Gasteiger partial charge in [-0.2, -0.15) is 0 Å². The van der Waals surface area contributed by atoms with Crippen LogP contribution in [0.5, 0.6) is 11.6 Å². The lowest BCUT2D eigenvalue weighted by Crippen LogP contribution is -2.26. The van der Waals surface area contributed by atoms with Crippen LogP contribution in [0.3, 0.4) is 0 Å². The van der Waals surface area contributed by atoms with E-state index >= 15 is 0 Å². The van der Waals surface area contributed by atoms with E-state index in [9.17, 15) is 17.6 Å². The minimum atomic E-state index is -4.82. The van der Waals surface area contributed by atoms with Crippen LogP contribution in [0.2, 0.25) is 0 Å². The van der Waals surface area contributed by atoms with Crippen LogP contribution >= 0.6 is 15.9 Å². The third-order valence-corrected chi connectivity index (χ3v) is 4.68. The van der Waals surface area contributed by atoms with Crippen molar-refractivity contribution in [1.82, 2.24) is 9.88 Å². The van der Waals surface area contributed by atoms with E-state index in [1.165, 1.54) is 0 Å². The quantitative estimate of drug-likeness (QED) is 0.662. The number of nitrogens with zero attached hydrogens (tertiary/aromatic N) is 2. The second-order valence-electron chi connectivity index (χ2n) is 5.88. The number of benzene rings is 1. The largest absolute Gasteiger partial charge is 0.573 e. The number of hydrogen-bond acceptors (Lipinski definition) is 4. The molecule has 0 spiro atoms. The maximum atomic E-state index is 14.1. The molecular weight excluding hydrogens is 420 g/mol. The van der Waals surface area contributed by atoms with Crippen molar-refractivity contribution in [2.45, 2.75) is 26.4 Å². The minimum absolute atomic E-state index is 0.120. The van der Waals surface area contributed by atoms with Crippen molar-refractivity contribution in [3.8, 4) is 11.6 Å². The normalized spacial score (nSPS) is 15.2. The van der Waals surface area contributed by atoms with Crippen molar-refractivity contribution in [3.05, 3.63) is 51.4 Å². The summed E-state index contributed by atoms with van der Waals surface area (Å²) in [4.78, 5) is 6.25. The molecule has 0 saturated carbocycles. The molecule has 0 bridgehead atoms. The van der Waals surface area contributed by atoms with E-state index in [2.05, 4.69) is 25.7 Å². The van der Waals surface area contributed by atoms with Gasteiger partial charge in [0, 0.05) is 35.2 Å². The van der Waals surface area contributed by atoms with Crippen LogP contribution in [0, 0.1) is 12.7 Å². The molecule has 0 unspecified atom stereocenters. The van der Waals surface area contributed by atoms with Crippen LogP contribution in [-0.2, 0) is 13.1 Å². The average Bonchev–Trinajstić information content (AvgIpc) is 2.71. The Balaban J connectivity index is 1.80. The third-order valence-electron chi connectivity index (χ3n) is 3.88. The number of hydrogen-bond donors (Lipinski definition) is 0. The number of pyridine rings is 1. The monoisotopic (exact) mass is 434 g/mol. The molecule has 0 aliphatic carbocycles. The van der Waals surface area contributed by atoms with Crippen LogP contribution in [0.1, 0.15) is 16.8 Å². The molecule has 140 valence electrons. The maximum absolute atomic E-state index is 14.1. The molecule has 26 heavy (non-hydrogen) atoms. The number of aromatic nitrogens is 1. The second-order valence-corrected chi connectivity index (χ2v) is 6.73. The number of fused-ring (bicyclic) bond motifs is 1. The molecule has 3 rings (SSSR count). The van der Waals surface area contributed by atoms with Gasteiger partial charge in [-0.25, -0.2) is 9.37 Å². The van der Waals surface area contributed by atoms with Gasteiger partial charge in [0.05, 0.1) is 5.69 Å². The molecule has 0 saturated heterocycles. The first kappa shape index (κ1) is 18.9. The SMILES string of the molecule is Cc1nc2c(cc1Br)CN(Cc1cc(OC(F)(F)F)ccc1F)CCO2. The average molecular weight is 435 g/mol. The molecule has 0 atom stereocenters. The van der Waals surface area contributed by atoms with Gasteiger partial charge >= 0.3 is 6.36 Å². The Morgan fingerprint density at radius 1 is 1.31 bits per heavy atom. The smallest absolute Gasteiger partial charge is 0.476 e. The highest BCUT2D eigenvalue weighted by molar-refractivity contribution is 9.10. The molecule has 0 N–H and O–H groups in total. The lowest BCUT2D eigenvalue weighted by Gasteiger charge is -2.20. The predicted octanol–water partition coefficient (Wildman–Crippen LogP) is 4.58. The van der Waals surface area contributed by atoms with E-state index in [0.29, 0.717) is 25.6 Å². The van der Waals surface area contributed by atoms with Gasteiger partial charge in [0.1, 0.15) is 18.2 Å². The van der Waals surface area contributed by atoms with E-state index in [0.717, 1.165) is 33.9 Å². The molecule has 2 aromatic rings. The summed E-state index contributed by atoms with van der Waals surface area (Å²) in [6.45, 7) is 3.23. The standard InChI is InChI=1S/C17H15BrF4N2O2/c1-10-14(18)7-12-9-24(4-5-25-16(12)23-10)8-11-6-13(2-3-15(11)19)26-17(20,21)22/h2-3,6-7H,4-5,8-9H2,1H3. The first-order valence-electron chi connectivity index (χ1n) is 7.76. The molecule has 9 heteroatoms. The van der Waals surface area contributed by atoms with E-state index in [-0.39, 0.29) is 12.1 Å². The summed E-state index contributed by atoms with van der Waals surface area (Å²) in [6.07, 6.45) is -4.82. The highest BCUT2D eigenvalue weighted by Crippen LogP contribution is 2.29. The zero-order valence-electron chi connectivity index (χ0n) is 13.7. The zero-order chi connectivity index (χ0) is 18.9. The molecule has 0 amide bonds. The number of alkyl halides is 3. The van der Waals surface area contributed by atoms with Gasteiger partial charge < -0.3 is 9.47 Å². The van der Waals surface area contributed by atoms with E-state index < -0.39 is 17.9 Å². The van der Waals surface area contributed by atoms with E-state index in [1.54, 1.807) is 0 Å². The van der Waals surface area contributed by atoms with Crippen molar-refractivity contribution in [3.63, 3.8) is 0 Å². The van der Waals surface area contributed by atoms with Gasteiger partial charge in [0.2, 0.25) is 5.88 Å². The van der Waals surface area contributed by atoms with Gasteiger partial charge in [-0.1, -0.05) is 0 Å². The summed E-state index contributed by atoms with van der Waals surface area (Å²) in [5, 5.41) is 0. The van der Waals surface area contributed by atoms with Crippen molar-refractivity contribution in [2.75, 3.05) is 13.2 Å². The zero-order valence-corrected chi connectivity index (χ0v) is 15.3. The molecule has 1 aliphatic rings. The van der Waals surface area contributed by atoms with Gasteiger partial charge in [0.25, 0.3) is 0 Å². The topological polar surface area (TPSA) is 34.6 Å². The van der Waals surface area contributed by atoms with E-state index in [1.807, 2.05) is 17.9 Å². The number of aryl methyl sites for hydroxylation is 1. The lowest BCUT2D eigenvalue weighted by atomic mass is 10.1. The molecule has 1 aromatic carbocycles. The first-order valence-corrected chi connectivity index (χ1v) is 8.56. The van der Waals surface area contributed by atoms with Gasteiger partial charge in [0.15, 0.2) is 0 Å². The molecular formula is C17H15BrF4N2O2. The van der Waals surface area contributed by atoms with Crippen LogP contribution in [0.4, 0.5) is 17.6 Å². The fraction of sp³-hybridized carbons (Fsp3) is 0.353. The second kappa shape index (κ2) is 7.40. The molecule has 1 aliphatic heterocycles. The fourth-order valence-corrected chi connectivity index (χ4v) is 3.04. The summed E-state index contributed by atoms with van der Waals surface area (Å²) >= 11 is 3.42. The summed E-state index contributed by atoms with van der Waals surface area (Å²) in [5.41, 5.74) is 1.73. The van der Waals surface area contributed by atoms with Crippen LogP contribution in [0.25, 0.3) is 0 Å². The Kier molecular flexibility index (Phi) is 5.38. The first-order chi connectivity index (χ1) is 12.2. The van der Waals surface area contributed by atoms with Crippen molar-refractivity contribution in [2.24, 2.45) is 0 Å². The maximum Gasteiger partial charge on any atom is 0.573 e. The van der Waals surface area contributed by atoms with Crippen LogP contribution in [0.15, 0.2) is 28.7 Å². The number of ether oxygens (including phenoxy) is 2. The Labute approximate surface area is 155 Å². The van der Waals surface area contributed by atoms with Crippen molar-refractivity contribution in [1.29, 1.82) is 0 Å². The minimum Gasteiger partial charge on any atom is -0.476 e. The Morgan fingerprint density at radius 2 is 2.08 bits per heavy atom. The number of halogens is 5. The third kappa shape index (κ3) is 4.64. The molecule has 2 heterocycles. The summed E-state index contributed by atoms with van der Waals surface area (Å²) < 4.78 is 61.5. The van der Waals surface area contributed by atoms with E-state index in [4.69, 9.17) is 4.74 Å². The molecule has 0 fully saturated rings. The molecule has 4 nitrogen and oxygen atoms in total. The van der Waals surface area contributed by atoms with Crippen LogP contribution in [-0.4, -0.2) is 29.4 Å². The summed E-state index contributed by atoms with van der Waals surface area (Å²) in [7, 11) is 0. The summed E-state index contributed by atoms with van der Waals surface area (Å²) in [5.74, 6) is -0.517. The Hall–Kier alpha value is -1.87. The highest BCUT2D eigenvalue weighted by Gasteiger charge is 2.31. The van der Waals surface area contributed by atoms with Gasteiger partial charge in [-0.15, -0.1) is 13.2 Å². The fourth-order valence-electron chi connectivity index (χ4n) is 2.67. The Morgan fingerprint density at radius 3 is 2.81 bits per heavy atom. The van der Waals surface area contributed by atoms with Crippen molar-refractivity contribution < 1.29 is 27.0 Å². The number of rotatable bonds is 3. The van der Waals surface area contributed by atoms with Gasteiger partial charge in [-0.05, 0) is 47.1 Å². The highest BCUT2D eigenvalue weighted by atomic mass is 79.9. The Bertz CT molecular complexity index is 814. The lowest BCUT2D eigenvalue weighted by molar-refractivity contribution is -0.274. The van der Waals surface area contributed by atoms with Crippen LogP contribution < -0.4 is 9.47 Å². The van der Waals surface area contributed by atoms with Crippen molar-refractivity contribution >= 4 is 15.9 Å².